The molecule has 1 aromatic carbocycles. The summed E-state index contributed by atoms with van der Waals surface area (Å²) in [7, 11) is 2.09. The minimum absolute atomic E-state index is 0.0217. The summed E-state index contributed by atoms with van der Waals surface area (Å²) in [5, 5.41) is 7.15. The summed E-state index contributed by atoms with van der Waals surface area (Å²) in [6.07, 6.45) is 0. The van der Waals surface area contributed by atoms with Crippen LogP contribution in [0.1, 0.15) is 27.9 Å². The second-order valence-corrected chi connectivity index (χ2v) is 6.76. The highest BCUT2D eigenvalue weighted by atomic mass is 16.3. The van der Waals surface area contributed by atoms with Crippen molar-refractivity contribution in [2.75, 3.05) is 26.7 Å². The summed E-state index contributed by atoms with van der Waals surface area (Å²) >= 11 is 0. The van der Waals surface area contributed by atoms with E-state index in [0.717, 1.165) is 24.4 Å². The molecule has 1 aliphatic rings. The van der Waals surface area contributed by atoms with Crippen LogP contribution < -0.4 is 0 Å². The second-order valence-electron chi connectivity index (χ2n) is 6.76. The Bertz CT molecular complexity index is 899. The highest BCUT2D eigenvalue weighted by molar-refractivity contribution is 5.93. The number of furan rings is 1. The molecule has 1 aliphatic heterocycles. The molecule has 0 saturated carbocycles. The molecule has 1 fully saturated rings. The SMILES string of the molecule is Cc1ccc(-c2cc(C(=O)N3CCN(C)CC3c3ccccc3)n[nH]2)o1. The van der Waals surface area contributed by atoms with Crippen LogP contribution in [0.3, 0.4) is 0 Å². The molecule has 1 unspecified atom stereocenters. The van der Waals surface area contributed by atoms with E-state index in [1.807, 2.05) is 42.2 Å². The molecular formula is C20H22N4O2. The Hall–Kier alpha value is -2.86. The monoisotopic (exact) mass is 350 g/mol. The second kappa shape index (κ2) is 6.80. The number of nitrogens with zero attached hydrogens (tertiary/aromatic N) is 3. The first kappa shape index (κ1) is 16.6. The molecule has 134 valence electrons. The fraction of sp³-hybridized carbons (Fsp3) is 0.300. The summed E-state index contributed by atoms with van der Waals surface area (Å²) < 4.78 is 5.61. The molecule has 0 spiro atoms. The van der Waals surface area contributed by atoms with Crippen LogP contribution in [0.2, 0.25) is 0 Å². The first-order valence-corrected chi connectivity index (χ1v) is 8.78. The van der Waals surface area contributed by atoms with E-state index in [1.165, 1.54) is 0 Å². The van der Waals surface area contributed by atoms with Gasteiger partial charge in [0.25, 0.3) is 5.91 Å². The van der Waals surface area contributed by atoms with E-state index in [2.05, 4.69) is 34.3 Å². The predicted octanol–water partition coefficient (Wildman–Crippen LogP) is 3.11. The largest absolute Gasteiger partial charge is 0.460 e. The van der Waals surface area contributed by atoms with Crippen LogP contribution in [-0.2, 0) is 0 Å². The number of carbonyl (C=O) groups is 1. The van der Waals surface area contributed by atoms with Crippen molar-refractivity contribution in [3.63, 3.8) is 0 Å². The third kappa shape index (κ3) is 3.15. The number of aryl methyl sites for hydroxylation is 1. The van der Waals surface area contributed by atoms with Crippen LogP contribution in [-0.4, -0.2) is 52.6 Å². The molecule has 6 nitrogen and oxygen atoms in total. The summed E-state index contributed by atoms with van der Waals surface area (Å²) in [6.45, 7) is 4.23. The molecule has 0 bridgehead atoms. The molecule has 3 heterocycles. The zero-order valence-corrected chi connectivity index (χ0v) is 15.0. The Kier molecular flexibility index (Phi) is 4.34. The van der Waals surface area contributed by atoms with Crippen molar-refractivity contribution in [2.24, 2.45) is 0 Å². The minimum atomic E-state index is -0.0577. The third-order valence-corrected chi connectivity index (χ3v) is 4.83. The maximum absolute atomic E-state index is 13.1. The van der Waals surface area contributed by atoms with Crippen molar-refractivity contribution in [2.45, 2.75) is 13.0 Å². The maximum Gasteiger partial charge on any atom is 0.274 e. The van der Waals surface area contributed by atoms with E-state index in [9.17, 15) is 4.79 Å². The number of carbonyl (C=O) groups excluding carboxylic acids is 1. The van der Waals surface area contributed by atoms with Gasteiger partial charge >= 0.3 is 0 Å². The normalized spacial score (nSPS) is 18.2. The lowest BCUT2D eigenvalue weighted by Crippen LogP contribution is -2.49. The van der Waals surface area contributed by atoms with E-state index < -0.39 is 0 Å². The summed E-state index contributed by atoms with van der Waals surface area (Å²) in [5.41, 5.74) is 2.27. The summed E-state index contributed by atoms with van der Waals surface area (Å²) in [6, 6.07) is 15.7. The lowest BCUT2D eigenvalue weighted by Gasteiger charge is -2.40. The molecular weight excluding hydrogens is 328 g/mol. The van der Waals surface area contributed by atoms with E-state index >= 15 is 0 Å². The molecule has 1 amide bonds. The molecule has 26 heavy (non-hydrogen) atoms. The predicted molar refractivity (Wildman–Crippen MR) is 98.7 cm³/mol. The third-order valence-electron chi connectivity index (χ3n) is 4.83. The Balaban J connectivity index is 1.61. The first-order chi connectivity index (χ1) is 12.6. The number of hydrogen-bond acceptors (Lipinski definition) is 4. The maximum atomic E-state index is 13.1. The lowest BCUT2D eigenvalue weighted by molar-refractivity contribution is 0.0492. The van der Waals surface area contributed by atoms with E-state index in [0.29, 0.717) is 23.7 Å². The van der Waals surface area contributed by atoms with E-state index in [4.69, 9.17) is 4.42 Å². The zero-order valence-electron chi connectivity index (χ0n) is 15.0. The van der Waals surface area contributed by atoms with Gasteiger partial charge in [-0.15, -0.1) is 0 Å². The number of H-pyrrole nitrogens is 1. The molecule has 2 aromatic heterocycles. The summed E-state index contributed by atoms with van der Waals surface area (Å²) in [5.74, 6) is 1.45. The highest BCUT2D eigenvalue weighted by Crippen LogP contribution is 2.27. The molecule has 1 saturated heterocycles. The Morgan fingerprint density at radius 3 is 2.73 bits per heavy atom. The molecule has 6 heteroatoms. The van der Waals surface area contributed by atoms with Gasteiger partial charge in [-0.1, -0.05) is 30.3 Å². The van der Waals surface area contributed by atoms with Gasteiger partial charge in [-0.25, -0.2) is 0 Å². The molecule has 4 rings (SSSR count). The van der Waals surface area contributed by atoms with Gasteiger partial charge in [0.1, 0.15) is 11.5 Å². The number of piperazine rings is 1. The van der Waals surface area contributed by atoms with Crippen molar-refractivity contribution in [3.05, 3.63) is 65.5 Å². The number of aromatic nitrogens is 2. The Morgan fingerprint density at radius 2 is 2.00 bits per heavy atom. The number of nitrogens with one attached hydrogen (secondary N) is 1. The van der Waals surface area contributed by atoms with Crippen molar-refractivity contribution in [1.82, 2.24) is 20.0 Å². The average molecular weight is 350 g/mol. The Morgan fingerprint density at radius 1 is 1.19 bits per heavy atom. The van der Waals surface area contributed by atoms with Crippen LogP contribution in [0.5, 0.6) is 0 Å². The zero-order chi connectivity index (χ0) is 18.1. The fourth-order valence-corrected chi connectivity index (χ4v) is 3.41. The fourth-order valence-electron chi connectivity index (χ4n) is 3.41. The van der Waals surface area contributed by atoms with Gasteiger partial charge in [-0.2, -0.15) is 5.10 Å². The van der Waals surface area contributed by atoms with Gasteiger partial charge in [-0.05, 0) is 31.7 Å². The van der Waals surface area contributed by atoms with Gasteiger partial charge in [0.2, 0.25) is 0 Å². The molecule has 1 atom stereocenters. The minimum Gasteiger partial charge on any atom is -0.460 e. The van der Waals surface area contributed by atoms with Crippen LogP contribution in [0, 0.1) is 6.92 Å². The van der Waals surface area contributed by atoms with Gasteiger partial charge in [-0.3, -0.25) is 9.89 Å². The quantitative estimate of drug-likeness (QED) is 0.788. The number of amides is 1. The van der Waals surface area contributed by atoms with Gasteiger partial charge in [0.05, 0.1) is 6.04 Å². The number of aromatic amines is 1. The van der Waals surface area contributed by atoms with E-state index in [1.54, 1.807) is 6.07 Å². The standard InChI is InChI=1S/C20H22N4O2/c1-14-8-9-19(26-14)16-12-17(22-21-16)20(25)24-11-10-23(2)13-18(24)15-6-4-3-5-7-15/h3-9,12,18H,10-11,13H2,1-2H3,(H,21,22). The lowest BCUT2D eigenvalue weighted by atomic mass is 10.0. The van der Waals surface area contributed by atoms with Gasteiger partial charge < -0.3 is 14.2 Å². The van der Waals surface area contributed by atoms with Crippen LogP contribution in [0.25, 0.3) is 11.5 Å². The first-order valence-electron chi connectivity index (χ1n) is 8.78. The summed E-state index contributed by atoms with van der Waals surface area (Å²) in [4.78, 5) is 17.3. The topological polar surface area (TPSA) is 65.4 Å². The molecule has 0 radical (unpaired) electrons. The number of benzene rings is 1. The van der Waals surface area contributed by atoms with Crippen molar-refractivity contribution in [1.29, 1.82) is 0 Å². The number of hydrogen-bond donors (Lipinski definition) is 1. The molecule has 0 aliphatic carbocycles. The Labute approximate surface area is 152 Å². The smallest absolute Gasteiger partial charge is 0.274 e. The van der Waals surface area contributed by atoms with Crippen molar-refractivity contribution in [3.8, 4) is 11.5 Å². The molecule has 3 aromatic rings. The van der Waals surface area contributed by atoms with Crippen LogP contribution in [0.15, 0.2) is 52.9 Å². The number of rotatable bonds is 3. The van der Waals surface area contributed by atoms with Gasteiger partial charge in [0.15, 0.2) is 11.5 Å². The average Bonchev–Trinajstić information content (AvgIpc) is 3.31. The highest BCUT2D eigenvalue weighted by Gasteiger charge is 2.32. The van der Waals surface area contributed by atoms with Crippen molar-refractivity contribution >= 4 is 5.91 Å². The number of likely N-dealkylation sites (N-methyl/N-ethyl adjacent to an activating group) is 1. The van der Waals surface area contributed by atoms with Crippen molar-refractivity contribution < 1.29 is 9.21 Å². The van der Waals surface area contributed by atoms with Gasteiger partial charge in [0, 0.05) is 25.7 Å². The van der Waals surface area contributed by atoms with E-state index in [-0.39, 0.29) is 11.9 Å². The van der Waals surface area contributed by atoms with Crippen LogP contribution >= 0.6 is 0 Å². The molecule has 1 N–H and O–H groups in total. The van der Waals surface area contributed by atoms with Crippen LogP contribution in [0.4, 0.5) is 0 Å².